The monoisotopic (exact) mass is 385 g/mol. The number of pyridine rings is 2. The van der Waals surface area contributed by atoms with Crippen LogP contribution in [0.4, 0.5) is 0 Å². The van der Waals surface area contributed by atoms with Crippen molar-refractivity contribution in [2.24, 2.45) is 0 Å². The average Bonchev–Trinajstić information content (AvgIpc) is 3.18. The fourth-order valence-electron chi connectivity index (χ4n) is 3.79. The summed E-state index contributed by atoms with van der Waals surface area (Å²) < 4.78 is 7.90. The fourth-order valence-corrected chi connectivity index (χ4v) is 3.79. The molecule has 4 aromatic rings. The van der Waals surface area contributed by atoms with E-state index in [1.807, 2.05) is 29.0 Å². The Morgan fingerprint density at radius 2 is 1.90 bits per heavy atom. The lowest BCUT2D eigenvalue weighted by molar-refractivity contribution is -0.0346. The lowest BCUT2D eigenvalue weighted by Crippen LogP contribution is -2.38. The maximum Gasteiger partial charge on any atom is 0.121 e. The maximum absolute atomic E-state index is 6.05. The standard InChI is InChI=1S/C23H23N5O/c1-17-5-7-18(8-6-17)19-9-10-21-23(25-26-28(21)14-19)22-16-27(12-13-29-22)15-20-4-2-3-11-24-20/h2-11,14,22H,12-13,15-16H2,1H3. The molecule has 1 saturated heterocycles. The molecule has 0 N–H and O–H groups in total. The molecule has 1 aliphatic heterocycles. The lowest BCUT2D eigenvalue weighted by Gasteiger charge is -2.31. The first-order valence-electron chi connectivity index (χ1n) is 9.92. The van der Waals surface area contributed by atoms with Crippen LogP contribution in [0.3, 0.4) is 0 Å². The van der Waals surface area contributed by atoms with Gasteiger partial charge >= 0.3 is 0 Å². The Morgan fingerprint density at radius 3 is 2.72 bits per heavy atom. The van der Waals surface area contributed by atoms with E-state index in [0.717, 1.165) is 42.1 Å². The quantitative estimate of drug-likeness (QED) is 0.536. The summed E-state index contributed by atoms with van der Waals surface area (Å²) in [7, 11) is 0. The molecule has 5 rings (SSSR count). The molecule has 6 heteroatoms. The predicted molar refractivity (Wildman–Crippen MR) is 111 cm³/mol. The predicted octanol–water partition coefficient (Wildman–Crippen LogP) is 3.67. The summed E-state index contributed by atoms with van der Waals surface area (Å²) in [6.07, 6.45) is 3.78. The zero-order valence-corrected chi connectivity index (χ0v) is 16.4. The van der Waals surface area contributed by atoms with Gasteiger partial charge in [-0.15, -0.1) is 5.10 Å². The SMILES string of the molecule is Cc1ccc(-c2ccc3c(C4CN(Cc5ccccn5)CCO4)nnn3c2)cc1. The number of fused-ring (bicyclic) bond motifs is 1. The van der Waals surface area contributed by atoms with Crippen LogP contribution in [0.15, 0.2) is 67.0 Å². The molecular formula is C23H23N5O. The van der Waals surface area contributed by atoms with E-state index < -0.39 is 0 Å². The van der Waals surface area contributed by atoms with Gasteiger partial charge in [0.25, 0.3) is 0 Å². The van der Waals surface area contributed by atoms with Crippen molar-refractivity contribution in [3.8, 4) is 11.1 Å². The van der Waals surface area contributed by atoms with Crippen LogP contribution < -0.4 is 0 Å². The Morgan fingerprint density at radius 1 is 1.03 bits per heavy atom. The van der Waals surface area contributed by atoms with Crippen LogP contribution in [0.2, 0.25) is 0 Å². The van der Waals surface area contributed by atoms with Crippen LogP contribution in [-0.4, -0.2) is 44.4 Å². The van der Waals surface area contributed by atoms with E-state index in [-0.39, 0.29) is 6.10 Å². The molecule has 1 fully saturated rings. The van der Waals surface area contributed by atoms with Gasteiger partial charge in [-0.3, -0.25) is 9.88 Å². The topological polar surface area (TPSA) is 55.5 Å². The molecule has 3 aromatic heterocycles. The van der Waals surface area contributed by atoms with Crippen molar-refractivity contribution in [3.63, 3.8) is 0 Å². The minimum atomic E-state index is -0.0878. The maximum atomic E-state index is 6.05. The van der Waals surface area contributed by atoms with Crippen LogP contribution in [-0.2, 0) is 11.3 Å². The van der Waals surface area contributed by atoms with Gasteiger partial charge in [-0.05, 0) is 30.7 Å². The summed E-state index contributed by atoms with van der Waals surface area (Å²) in [5.41, 5.74) is 6.50. The molecule has 1 aliphatic rings. The molecule has 0 saturated carbocycles. The van der Waals surface area contributed by atoms with E-state index >= 15 is 0 Å². The second-order valence-electron chi connectivity index (χ2n) is 7.50. The number of aryl methyl sites for hydroxylation is 1. The van der Waals surface area contributed by atoms with Crippen LogP contribution >= 0.6 is 0 Å². The number of aromatic nitrogens is 4. The van der Waals surface area contributed by atoms with Gasteiger partial charge in [0.05, 0.1) is 17.8 Å². The minimum Gasteiger partial charge on any atom is -0.369 e. The molecule has 1 aromatic carbocycles. The van der Waals surface area contributed by atoms with Gasteiger partial charge in [0.2, 0.25) is 0 Å². The number of hydrogen-bond donors (Lipinski definition) is 0. The summed E-state index contributed by atoms with van der Waals surface area (Å²) in [5, 5.41) is 8.82. The third-order valence-corrected chi connectivity index (χ3v) is 5.39. The van der Waals surface area contributed by atoms with Crippen molar-refractivity contribution < 1.29 is 4.74 Å². The third kappa shape index (κ3) is 3.77. The minimum absolute atomic E-state index is 0.0878. The normalized spacial score (nSPS) is 17.6. The first-order chi connectivity index (χ1) is 14.3. The number of nitrogens with zero attached hydrogens (tertiary/aromatic N) is 5. The highest BCUT2D eigenvalue weighted by atomic mass is 16.5. The molecule has 4 heterocycles. The second kappa shape index (κ2) is 7.73. The van der Waals surface area contributed by atoms with Crippen LogP contribution in [0.25, 0.3) is 16.6 Å². The largest absolute Gasteiger partial charge is 0.369 e. The fraction of sp³-hybridized carbons (Fsp3) is 0.261. The number of hydrogen-bond acceptors (Lipinski definition) is 5. The van der Waals surface area contributed by atoms with Gasteiger partial charge in [0.1, 0.15) is 11.8 Å². The van der Waals surface area contributed by atoms with Gasteiger partial charge < -0.3 is 4.74 Å². The average molecular weight is 385 g/mol. The summed E-state index contributed by atoms with van der Waals surface area (Å²) >= 11 is 0. The van der Waals surface area contributed by atoms with Crippen molar-refractivity contribution in [2.75, 3.05) is 19.7 Å². The highest BCUT2D eigenvalue weighted by Gasteiger charge is 2.26. The van der Waals surface area contributed by atoms with E-state index in [4.69, 9.17) is 4.74 Å². The Labute approximate surface area is 169 Å². The van der Waals surface area contributed by atoms with E-state index in [2.05, 4.69) is 69.6 Å². The molecule has 6 nitrogen and oxygen atoms in total. The summed E-state index contributed by atoms with van der Waals surface area (Å²) in [4.78, 5) is 6.80. The highest BCUT2D eigenvalue weighted by molar-refractivity contribution is 5.66. The van der Waals surface area contributed by atoms with Crippen molar-refractivity contribution in [2.45, 2.75) is 19.6 Å². The zero-order valence-electron chi connectivity index (χ0n) is 16.4. The molecule has 146 valence electrons. The number of ether oxygens (including phenoxy) is 1. The van der Waals surface area contributed by atoms with Crippen molar-refractivity contribution in [1.82, 2.24) is 24.7 Å². The molecule has 1 unspecified atom stereocenters. The zero-order chi connectivity index (χ0) is 19.6. The van der Waals surface area contributed by atoms with Gasteiger partial charge in [0, 0.05) is 37.6 Å². The Hall–Kier alpha value is -3.09. The molecule has 1 atom stereocenters. The van der Waals surface area contributed by atoms with E-state index in [9.17, 15) is 0 Å². The van der Waals surface area contributed by atoms with Crippen LogP contribution in [0, 0.1) is 6.92 Å². The first-order valence-corrected chi connectivity index (χ1v) is 9.92. The molecule has 0 bridgehead atoms. The Bertz CT molecular complexity index is 1110. The van der Waals surface area contributed by atoms with Crippen LogP contribution in [0.1, 0.15) is 23.1 Å². The number of rotatable bonds is 4. The van der Waals surface area contributed by atoms with Crippen molar-refractivity contribution in [1.29, 1.82) is 0 Å². The van der Waals surface area contributed by atoms with Gasteiger partial charge in [0.15, 0.2) is 0 Å². The molecule has 0 radical (unpaired) electrons. The van der Waals surface area contributed by atoms with E-state index in [1.165, 1.54) is 11.1 Å². The lowest BCUT2D eigenvalue weighted by atomic mass is 10.1. The summed E-state index contributed by atoms with van der Waals surface area (Å²) in [6, 6.07) is 18.8. The van der Waals surface area contributed by atoms with Gasteiger partial charge in [-0.25, -0.2) is 4.52 Å². The summed E-state index contributed by atoms with van der Waals surface area (Å²) in [5.74, 6) is 0. The number of morpholine rings is 1. The van der Waals surface area contributed by atoms with Crippen molar-refractivity contribution >= 4 is 5.52 Å². The second-order valence-corrected chi connectivity index (χ2v) is 7.50. The van der Waals surface area contributed by atoms with Gasteiger partial charge in [-0.2, -0.15) is 0 Å². The molecule has 0 aliphatic carbocycles. The third-order valence-electron chi connectivity index (χ3n) is 5.39. The van der Waals surface area contributed by atoms with Gasteiger partial charge in [-0.1, -0.05) is 47.2 Å². The summed E-state index contributed by atoms with van der Waals surface area (Å²) in [6.45, 7) is 5.27. The van der Waals surface area contributed by atoms with E-state index in [1.54, 1.807) is 0 Å². The van der Waals surface area contributed by atoms with Crippen molar-refractivity contribution in [3.05, 3.63) is 83.9 Å². The molecule has 0 spiro atoms. The highest BCUT2D eigenvalue weighted by Crippen LogP contribution is 2.27. The Balaban J connectivity index is 1.38. The molecule has 29 heavy (non-hydrogen) atoms. The smallest absolute Gasteiger partial charge is 0.121 e. The first kappa shape index (κ1) is 18.0. The number of benzene rings is 1. The Kier molecular flexibility index (Phi) is 4.79. The van der Waals surface area contributed by atoms with Crippen LogP contribution in [0.5, 0.6) is 0 Å². The van der Waals surface area contributed by atoms with E-state index in [0.29, 0.717) is 6.61 Å². The molecular weight excluding hydrogens is 362 g/mol. The molecule has 0 amide bonds.